The third-order valence-corrected chi connectivity index (χ3v) is 3.00. The average molecular weight is 291 g/mol. The molecule has 4 nitrogen and oxygen atoms in total. The number of carbonyl (C=O) groups excluding carboxylic acids is 1. The first-order valence-electron chi connectivity index (χ1n) is 4.85. The van der Waals surface area contributed by atoms with Crippen molar-refractivity contribution < 1.29 is 27.8 Å². The molecule has 0 radical (unpaired) electrons. The maximum absolute atomic E-state index is 12.3. The molecule has 1 N–H and O–H groups in total. The molecule has 0 unspecified atom stereocenters. The van der Waals surface area contributed by atoms with Crippen LogP contribution in [0.3, 0.4) is 0 Å². The molecule has 1 rings (SSSR count). The van der Waals surface area contributed by atoms with Crippen molar-refractivity contribution in [2.75, 3.05) is 7.11 Å². The SMILES string of the molecule is COC(=O)c1ccc(SC(F)(F)F)c(CO)c1C#N. The lowest BCUT2D eigenvalue weighted by atomic mass is 10.0. The van der Waals surface area contributed by atoms with Crippen LogP contribution in [0.2, 0.25) is 0 Å². The Balaban J connectivity index is 3.40. The molecule has 0 heterocycles. The first-order chi connectivity index (χ1) is 8.84. The van der Waals surface area contributed by atoms with E-state index in [1.807, 2.05) is 0 Å². The van der Waals surface area contributed by atoms with Crippen molar-refractivity contribution in [1.29, 1.82) is 5.26 Å². The number of nitriles is 1. The fourth-order valence-corrected chi connectivity index (χ4v) is 2.09. The van der Waals surface area contributed by atoms with Crippen LogP contribution in [0.15, 0.2) is 17.0 Å². The molecular weight excluding hydrogens is 283 g/mol. The summed E-state index contributed by atoms with van der Waals surface area (Å²) in [7, 11) is 1.08. The summed E-state index contributed by atoms with van der Waals surface area (Å²) in [5, 5.41) is 18.1. The predicted molar refractivity (Wildman–Crippen MR) is 60.3 cm³/mol. The van der Waals surface area contributed by atoms with Crippen molar-refractivity contribution in [3.8, 4) is 6.07 Å². The third-order valence-electron chi connectivity index (χ3n) is 2.17. The second-order valence-corrected chi connectivity index (χ2v) is 4.38. The molecule has 0 aliphatic carbocycles. The molecule has 0 amide bonds. The van der Waals surface area contributed by atoms with Crippen molar-refractivity contribution in [3.05, 3.63) is 28.8 Å². The average Bonchev–Trinajstić information content (AvgIpc) is 2.35. The summed E-state index contributed by atoms with van der Waals surface area (Å²) in [6.45, 7) is -0.786. The molecule has 102 valence electrons. The molecule has 0 spiro atoms. The summed E-state index contributed by atoms with van der Waals surface area (Å²) in [5.74, 6) is -0.852. The van der Waals surface area contributed by atoms with Crippen LogP contribution < -0.4 is 0 Å². The number of carbonyl (C=O) groups is 1. The van der Waals surface area contributed by atoms with E-state index in [1.54, 1.807) is 6.07 Å². The van der Waals surface area contributed by atoms with Gasteiger partial charge >= 0.3 is 11.5 Å². The topological polar surface area (TPSA) is 70.3 Å². The molecular formula is C11H8F3NO3S. The normalized spacial score (nSPS) is 10.9. The number of rotatable bonds is 3. The van der Waals surface area contributed by atoms with E-state index in [1.165, 1.54) is 0 Å². The van der Waals surface area contributed by atoms with Gasteiger partial charge in [0.05, 0.1) is 24.8 Å². The first-order valence-corrected chi connectivity index (χ1v) is 5.66. The number of ether oxygens (including phenoxy) is 1. The summed E-state index contributed by atoms with van der Waals surface area (Å²) >= 11 is -0.454. The minimum absolute atomic E-state index is 0.180. The van der Waals surface area contributed by atoms with Gasteiger partial charge in [0, 0.05) is 10.5 Å². The Bertz CT molecular complexity index is 537. The maximum atomic E-state index is 12.3. The second-order valence-electron chi connectivity index (χ2n) is 3.27. The van der Waals surface area contributed by atoms with Gasteiger partial charge in [0.25, 0.3) is 0 Å². The lowest BCUT2D eigenvalue weighted by Crippen LogP contribution is -2.09. The number of benzene rings is 1. The minimum Gasteiger partial charge on any atom is -0.465 e. The van der Waals surface area contributed by atoms with Crippen LogP contribution in [0.4, 0.5) is 13.2 Å². The van der Waals surface area contributed by atoms with Gasteiger partial charge < -0.3 is 9.84 Å². The number of nitrogens with zero attached hydrogens (tertiary/aromatic N) is 1. The molecule has 0 aromatic heterocycles. The molecule has 0 aliphatic rings. The molecule has 0 saturated heterocycles. The highest BCUT2D eigenvalue weighted by Gasteiger charge is 2.31. The smallest absolute Gasteiger partial charge is 0.446 e. The summed E-state index contributed by atoms with van der Waals surface area (Å²) in [5.41, 5.74) is -5.29. The van der Waals surface area contributed by atoms with Crippen molar-refractivity contribution in [2.45, 2.75) is 17.0 Å². The summed E-state index contributed by atoms with van der Waals surface area (Å²) in [6, 6.07) is 3.71. The van der Waals surface area contributed by atoms with E-state index < -0.39 is 29.8 Å². The quantitative estimate of drug-likeness (QED) is 0.684. The van der Waals surface area contributed by atoms with E-state index in [4.69, 9.17) is 10.4 Å². The molecule has 0 fully saturated rings. The third kappa shape index (κ3) is 3.62. The standard InChI is InChI=1S/C11H8F3NO3S/c1-18-10(17)6-2-3-9(19-11(12,13)14)8(5-16)7(6)4-15/h2-3,16H,5H2,1H3. The lowest BCUT2D eigenvalue weighted by molar-refractivity contribution is -0.0328. The van der Waals surface area contributed by atoms with Crippen LogP contribution >= 0.6 is 11.8 Å². The zero-order valence-electron chi connectivity index (χ0n) is 9.61. The van der Waals surface area contributed by atoms with Crippen LogP contribution in [0.1, 0.15) is 21.5 Å². The van der Waals surface area contributed by atoms with Crippen molar-refractivity contribution in [3.63, 3.8) is 0 Å². The molecule has 19 heavy (non-hydrogen) atoms. The second kappa shape index (κ2) is 5.95. The number of hydrogen-bond donors (Lipinski definition) is 1. The Kier molecular flexibility index (Phi) is 4.80. The largest absolute Gasteiger partial charge is 0.465 e. The van der Waals surface area contributed by atoms with Gasteiger partial charge in [0.2, 0.25) is 0 Å². The lowest BCUT2D eigenvalue weighted by Gasteiger charge is -2.13. The number of alkyl halides is 3. The number of methoxy groups -OCH3 is 1. The van der Waals surface area contributed by atoms with E-state index in [2.05, 4.69) is 4.74 Å². The Hall–Kier alpha value is -1.72. The Labute approximate surface area is 110 Å². The summed E-state index contributed by atoms with van der Waals surface area (Å²) in [6.07, 6.45) is 0. The Morgan fingerprint density at radius 3 is 2.58 bits per heavy atom. The summed E-state index contributed by atoms with van der Waals surface area (Å²) < 4.78 is 41.4. The van der Waals surface area contributed by atoms with Crippen molar-refractivity contribution in [2.24, 2.45) is 0 Å². The first kappa shape index (κ1) is 15.3. The van der Waals surface area contributed by atoms with Crippen molar-refractivity contribution >= 4 is 17.7 Å². The summed E-state index contributed by atoms with van der Waals surface area (Å²) in [4.78, 5) is 11.1. The highest BCUT2D eigenvalue weighted by Crippen LogP contribution is 2.40. The number of aliphatic hydroxyl groups is 1. The van der Waals surface area contributed by atoms with Gasteiger partial charge in [0.1, 0.15) is 6.07 Å². The van der Waals surface area contributed by atoms with Crippen LogP contribution in [0.25, 0.3) is 0 Å². The van der Waals surface area contributed by atoms with Crippen LogP contribution in [-0.2, 0) is 11.3 Å². The van der Waals surface area contributed by atoms with Gasteiger partial charge in [-0.05, 0) is 23.9 Å². The minimum atomic E-state index is -4.55. The number of esters is 1. The molecule has 0 aliphatic heterocycles. The van der Waals surface area contributed by atoms with E-state index in [-0.39, 0.29) is 21.6 Å². The fraction of sp³-hybridized carbons (Fsp3) is 0.273. The van der Waals surface area contributed by atoms with Gasteiger partial charge in [-0.3, -0.25) is 0 Å². The maximum Gasteiger partial charge on any atom is 0.446 e. The van der Waals surface area contributed by atoms with Crippen molar-refractivity contribution in [1.82, 2.24) is 0 Å². The van der Waals surface area contributed by atoms with E-state index in [0.717, 1.165) is 19.2 Å². The number of thioether (sulfide) groups is 1. The molecule has 0 atom stereocenters. The molecule has 8 heteroatoms. The van der Waals surface area contributed by atoms with Gasteiger partial charge in [-0.2, -0.15) is 18.4 Å². The number of aliphatic hydroxyl groups excluding tert-OH is 1. The molecule has 1 aromatic rings. The van der Waals surface area contributed by atoms with Gasteiger partial charge in [-0.15, -0.1) is 0 Å². The highest BCUT2D eigenvalue weighted by atomic mass is 32.2. The zero-order chi connectivity index (χ0) is 14.6. The highest BCUT2D eigenvalue weighted by molar-refractivity contribution is 8.00. The van der Waals surface area contributed by atoms with Crippen LogP contribution in [0.5, 0.6) is 0 Å². The van der Waals surface area contributed by atoms with E-state index >= 15 is 0 Å². The fourth-order valence-electron chi connectivity index (χ4n) is 1.41. The number of hydrogen-bond acceptors (Lipinski definition) is 5. The monoisotopic (exact) mass is 291 g/mol. The Morgan fingerprint density at radius 1 is 1.53 bits per heavy atom. The van der Waals surface area contributed by atoms with Crippen LogP contribution in [0, 0.1) is 11.3 Å². The van der Waals surface area contributed by atoms with Crippen LogP contribution in [-0.4, -0.2) is 23.7 Å². The van der Waals surface area contributed by atoms with E-state index in [9.17, 15) is 18.0 Å². The van der Waals surface area contributed by atoms with Gasteiger partial charge in [0.15, 0.2) is 0 Å². The predicted octanol–water partition coefficient (Wildman–Crippen LogP) is 2.45. The number of halogens is 3. The molecule has 0 saturated carbocycles. The molecule has 1 aromatic carbocycles. The zero-order valence-corrected chi connectivity index (χ0v) is 10.4. The Morgan fingerprint density at radius 2 is 2.16 bits per heavy atom. The molecule has 0 bridgehead atoms. The van der Waals surface area contributed by atoms with E-state index in [0.29, 0.717) is 0 Å². The van der Waals surface area contributed by atoms with Gasteiger partial charge in [-0.1, -0.05) is 0 Å². The van der Waals surface area contributed by atoms with Gasteiger partial charge in [-0.25, -0.2) is 4.79 Å².